The molecular weight excluding hydrogens is 270 g/mol. The maximum absolute atomic E-state index is 11.1. The maximum atomic E-state index is 11.1. The van der Waals surface area contributed by atoms with Crippen LogP contribution in [0.2, 0.25) is 5.02 Å². The predicted molar refractivity (Wildman–Crippen MR) is 85.7 cm³/mol. The molecule has 20 heavy (non-hydrogen) atoms. The van der Waals surface area contributed by atoms with Gasteiger partial charge in [-0.2, -0.15) is 0 Å². The highest BCUT2D eigenvalue weighted by Gasteiger charge is 2.08. The Morgan fingerprint density at radius 2 is 1.90 bits per heavy atom. The van der Waals surface area contributed by atoms with Crippen LogP contribution in [-0.4, -0.2) is 10.9 Å². The molecule has 1 aromatic heterocycles. The first-order valence-corrected chi connectivity index (χ1v) is 7.87. The maximum Gasteiger partial charge on any atom is 0.152 e. The third-order valence-corrected chi connectivity index (χ3v) is 3.99. The summed E-state index contributed by atoms with van der Waals surface area (Å²) in [6.45, 7) is 3.19. The molecule has 2 aromatic rings. The van der Waals surface area contributed by atoms with E-state index in [9.17, 15) is 4.79 Å². The Morgan fingerprint density at radius 3 is 2.65 bits per heavy atom. The average Bonchev–Trinajstić information content (AvgIpc) is 2.80. The highest BCUT2D eigenvalue weighted by atomic mass is 35.5. The first-order chi connectivity index (χ1) is 9.76. The smallest absolute Gasteiger partial charge is 0.152 e. The predicted octanol–water partition coefficient (Wildman–Crippen LogP) is 5.47. The summed E-state index contributed by atoms with van der Waals surface area (Å²) in [5.41, 5.74) is 1.82. The number of halogens is 1. The van der Waals surface area contributed by atoms with Crippen LogP contribution >= 0.6 is 11.6 Å². The molecule has 0 aliphatic rings. The van der Waals surface area contributed by atoms with Crippen LogP contribution in [0.25, 0.3) is 10.9 Å². The summed E-state index contributed by atoms with van der Waals surface area (Å²) >= 11 is 6.06. The van der Waals surface area contributed by atoms with Crippen LogP contribution in [0.3, 0.4) is 0 Å². The van der Waals surface area contributed by atoms with Gasteiger partial charge in [0.2, 0.25) is 0 Å². The lowest BCUT2D eigenvalue weighted by Crippen LogP contribution is -1.96. The molecule has 1 aromatic carbocycles. The van der Waals surface area contributed by atoms with Crippen molar-refractivity contribution in [2.24, 2.45) is 0 Å². The van der Waals surface area contributed by atoms with Gasteiger partial charge < -0.3 is 4.57 Å². The highest BCUT2D eigenvalue weighted by Crippen LogP contribution is 2.24. The molecule has 0 aliphatic carbocycles. The van der Waals surface area contributed by atoms with E-state index in [0.717, 1.165) is 40.7 Å². The van der Waals surface area contributed by atoms with Crippen LogP contribution < -0.4 is 0 Å². The molecule has 3 heteroatoms. The molecule has 0 radical (unpaired) electrons. The molecule has 0 N–H and O–H groups in total. The third kappa shape index (κ3) is 3.63. The van der Waals surface area contributed by atoms with Crippen molar-refractivity contribution in [2.45, 2.75) is 52.0 Å². The summed E-state index contributed by atoms with van der Waals surface area (Å²) in [6, 6.07) is 5.71. The van der Waals surface area contributed by atoms with E-state index in [4.69, 9.17) is 11.6 Å². The van der Waals surface area contributed by atoms with Gasteiger partial charge in [0.05, 0.1) is 5.52 Å². The number of aromatic nitrogens is 1. The van der Waals surface area contributed by atoms with Gasteiger partial charge in [-0.1, -0.05) is 56.7 Å². The summed E-state index contributed by atoms with van der Waals surface area (Å²) in [5.74, 6) is 0. The summed E-state index contributed by atoms with van der Waals surface area (Å²) in [6.07, 6.45) is 10.5. The zero-order valence-corrected chi connectivity index (χ0v) is 12.8. The lowest BCUT2D eigenvalue weighted by molar-refractivity contribution is 0.112. The summed E-state index contributed by atoms with van der Waals surface area (Å²) < 4.78 is 2.16. The first-order valence-electron chi connectivity index (χ1n) is 7.50. The van der Waals surface area contributed by atoms with Crippen molar-refractivity contribution in [3.63, 3.8) is 0 Å². The van der Waals surface area contributed by atoms with E-state index in [1.165, 1.54) is 32.1 Å². The fourth-order valence-corrected chi connectivity index (χ4v) is 2.80. The second kappa shape index (κ2) is 7.49. The minimum absolute atomic E-state index is 0.720. The quantitative estimate of drug-likeness (QED) is 0.467. The number of hydrogen-bond donors (Lipinski definition) is 0. The van der Waals surface area contributed by atoms with Crippen molar-refractivity contribution in [3.05, 3.63) is 35.0 Å². The number of hydrogen-bond acceptors (Lipinski definition) is 1. The number of carbonyl (C=O) groups excluding carboxylic acids is 1. The summed E-state index contributed by atoms with van der Waals surface area (Å²) in [7, 11) is 0. The minimum atomic E-state index is 0.720. The van der Waals surface area contributed by atoms with Crippen molar-refractivity contribution in [3.8, 4) is 0 Å². The fraction of sp³-hybridized carbons (Fsp3) is 0.471. The van der Waals surface area contributed by atoms with Crippen LogP contribution in [0.4, 0.5) is 0 Å². The summed E-state index contributed by atoms with van der Waals surface area (Å²) in [5, 5.41) is 1.72. The van der Waals surface area contributed by atoms with Crippen LogP contribution in [0.1, 0.15) is 55.8 Å². The Kier molecular flexibility index (Phi) is 5.66. The van der Waals surface area contributed by atoms with E-state index in [1.54, 1.807) is 0 Å². The molecule has 2 rings (SSSR count). The number of unbranched alkanes of at least 4 members (excludes halogenated alkanes) is 5. The molecule has 108 valence electrons. The van der Waals surface area contributed by atoms with E-state index >= 15 is 0 Å². The van der Waals surface area contributed by atoms with Gasteiger partial charge in [0, 0.05) is 28.7 Å². The van der Waals surface area contributed by atoms with Crippen molar-refractivity contribution >= 4 is 28.8 Å². The molecular formula is C17H22ClNO. The molecule has 2 nitrogen and oxygen atoms in total. The molecule has 0 atom stereocenters. The number of fused-ring (bicyclic) bond motifs is 1. The highest BCUT2D eigenvalue weighted by molar-refractivity contribution is 6.31. The lowest BCUT2D eigenvalue weighted by Gasteiger charge is -2.05. The number of rotatable bonds is 8. The molecule has 0 aliphatic heterocycles. The zero-order chi connectivity index (χ0) is 14.4. The first kappa shape index (κ1) is 15.1. The van der Waals surface area contributed by atoms with Gasteiger partial charge in [0.1, 0.15) is 0 Å². The Bertz CT molecular complexity index is 574. The van der Waals surface area contributed by atoms with Crippen LogP contribution in [0, 0.1) is 0 Å². The fourth-order valence-electron chi connectivity index (χ4n) is 2.63. The zero-order valence-electron chi connectivity index (χ0n) is 12.1. The Balaban J connectivity index is 2.02. The Labute approximate surface area is 125 Å². The van der Waals surface area contributed by atoms with Crippen molar-refractivity contribution < 1.29 is 4.79 Å². The average molecular weight is 292 g/mol. The molecule has 0 spiro atoms. The van der Waals surface area contributed by atoms with Gasteiger partial charge in [-0.05, 0) is 18.6 Å². The van der Waals surface area contributed by atoms with Gasteiger partial charge in [-0.25, -0.2) is 0 Å². The van der Waals surface area contributed by atoms with Crippen LogP contribution in [0.15, 0.2) is 24.4 Å². The van der Waals surface area contributed by atoms with E-state index < -0.39 is 0 Å². The monoisotopic (exact) mass is 291 g/mol. The normalized spacial score (nSPS) is 11.1. The van der Waals surface area contributed by atoms with Crippen LogP contribution in [-0.2, 0) is 6.54 Å². The Morgan fingerprint density at radius 1 is 1.15 bits per heavy atom. The van der Waals surface area contributed by atoms with Crippen LogP contribution in [0.5, 0.6) is 0 Å². The standard InChI is InChI=1S/C17H22ClNO/c1-2-3-4-5-6-7-10-19-12-14(13-20)16-9-8-15(18)11-17(16)19/h8-9,11-13H,2-7,10H2,1H3. The van der Waals surface area contributed by atoms with Crippen molar-refractivity contribution in [2.75, 3.05) is 0 Å². The van der Waals surface area contributed by atoms with Gasteiger partial charge in [0.25, 0.3) is 0 Å². The third-order valence-electron chi connectivity index (χ3n) is 3.75. The SMILES string of the molecule is CCCCCCCCn1cc(C=O)c2ccc(Cl)cc21. The van der Waals surface area contributed by atoms with E-state index in [2.05, 4.69) is 11.5 Å². The largest absolute Gasteiger partial charge is 0.347 e. The number of carbonyl (C=O) groups is 1. The number of aryl methyl sites for hydroxylation is 1. The second-order valence-electron chi connectivity index (χ2n) is 5.32. The van der Waals surface area contributed by atoms with E-state index in [-0.39, 0.29) is 0 Å². The van der Waals surface area contributed by atoms with Gasteiger partial charge in [-0.15, -0.1) is 0 Å². The van der Waals surface area contributed by atoms with Crippen molar-refractivity contribution in [1.82, 2.24) is 4.57 Å². The molecule has 0 fully saturated rings. The van der Waals surface area contributed by atoms with E-state index in [0.29, 0.717) is 0 Å². The molecule has 0 unspecified atom stereocenters. The summed E-state index contributed by atoms with van der Waals surface area (Å²) in [4.78, 5) is 11.1. The topological polar surface area (TPSA) is 22.0 Å². The van der Waals surface area contributed by atoms with Crippen molar-refractivity contribution in [1.29, 1.82) is 0 Å². The number of aldehydes is 1. The molecule has 0 saturated heterocycles. The molecule has 1 heterocycles. The minimum Gasteiger partial charge on any atom is -0.347 e. The molecule has 0 bridgehead atoms. The van der Waals surface area contributed by atoms with Gasteiger partial charge in [-0.3, -0.25) is 4.79 Å². The molecule has 0 saturated carbocycles. The van der Waals surface area contributed by atoms with Gasteiger partial charge in [0.15, 0.2) is 6.29 Å². The number of benzene rings is 1. The number of nitrogens with zero attached hydrogens (tertiary/aromatic N) is 1. The van der Waals surface area contributed by atoms with Gasteiger partial charge >= 0.3 is 0 Å². The van der Waals surface area contributed by atoms with E-state index in [1.807, 2.05) is 24.4 Å². The lowest BCUT2D eigenvalue weighted by atomic mass is 10.1. The molecule has 0 amide bonds. The Hall–Kier alpha value is -1.28. The second-order valence-corrected chi connectivity index (χ2v) is 5.76.